The molecule has 0 aromatic heterocycles. The molecule has 1 heterocycles. The van der Waals surface area contributed by atoms with Crippen LogP contribution < -0.4 is 0 Å². The Morgan fingerprint density at radius 2 is 2.33 bits per heavy atom. The first kappa shape index (κ1) is 10.7. The minimum Gasteiger partial charge on any atom is -0.383 e. The molecule has 1 aliphatic rings. The molecular weight excluding hydrogens is 188 g/mol. The topological polar surface area (TPSA) is 29.5 Å². The monoisotopic (exact) mass is 206 g/mol. The van der Waals surface area contributed by atoms with Gasteiger partial charge in [-0.05, 0) is 17.5 Å². The summed E-state index contributed by atoms with van der Waals surface area (Å²) in [6, 6.07) is 8.24. The Morgan fingerprint density at radius 1 is 1.47 bits per heavy atom. The van der Waals surface area contributed by atoms with Crippen LogP contribution >= 0.6 is 0 Å². The van der Waals surface area contributed by atoms with Crippen LogP contribution in [0.3, 0.4) is 0 Å². The number of ether oxygens (including phenoxy) is 1. The number of aryl methyl sites for hydroxylation is 1. The molecule has 1 aromatic rings. The SMILES string of the molecule is CCCc1cccc(C2(O)CCOC2)c1. The fraction of sp³-hybridized carbons (Fsp3) is 0.538. The number of hydrogen-bond acceptors (Lipinski definition) is 2. The van der Waals surface area contributed by atoms with Crippen molar-refractivity contribution in [3.63, 3.8) is 0 Å². The Hall–Kier alpha value is -0.860. The average molecular weight is 206 g/mol. The molecule has 1 fully saturated rings. The van der Waals surface area contributed by atoms with Crippen molar-refractivity contribution in [2.45, 2.75) is 31.8 Å². The van der Waals surface area contributed by atoms with E-state index in [1.807, 2.05) is 12.1 Å². The van der Waals surface area contributed by atoms with E-state index in [4.69, 9.17) is 4.74 Å². The molecule has 1 aliphatic heterocycles. The van der Waals surface area contributed by atoms with Crippen LogP contribution in [0.15, 0.2) is 24.3 Å². The van der Waals surface area contributed by atoms with Gasteiger partial charge >= 0.3 is 0 Å². The summed E-state index contributed by atoms with van der Waals surface area (Å²) < 4.78 is 5.26. The van der Waals surface area contributed by atoms with Gasteiger partial charge in [0.15, 0.2) is 0 Å². The van der Waals surface area contributed by atoms with E-state index in [2.05, 4.69) is 19.1 Å². The smallest absolute Gasteiger partial charge is 0.115 e. The van der Waals surface area contributed by atoms with Crippen LogP contribution in [0.25, 0.3) is 0 Å². The molecule has 0 aliphatic carbocycles. The van der Waals surface area contributed by atoms with Crippen LogP contribution in [0.5, 0.6) is 0 Å². The van der Waals surface area contributed by atoms with Crippen LogP contribution in [0.1, 0.15) is 30.9 Å². The van der Waals surface area contributed by atoms with Crippen molar-refractivity contribution >= 4 is 0 Å². The summed E-state index contributed by atoms with van der Waals surface area (Å²) in [6.45, 7) is 3.26. The summed E-state index contributed by atoms with van der Waals surface area (Å²) in [4.78, 5) is 0. The molecule has 1 aromatic carbocycles. The predicted molar refractivity (Wildman–Crippen MR) is 59.8 cm³/mol. The fourth-order valence-electron chi connectivity index (χ4n) is 2.09. The lowest BCUT2D eigenvalue weighted by Gasteiger charge is -2.21. The molecule has 2 heteroatoms. The van der Waals surface area contributed by atoms with Crippen LogP contribution in [0.4, 0.5) is 0 Å². The molecule has 0 amide bonds. The molecule has 2 rings (SSSR count). The highest BCUT2D eigenvalue weighted by molar-refractivity contribution is 5.29. The standard InChI is InChI=1S/C13H18O2/c1-2-4-11-5-3-6-12(9-11)13(14)7-8-15-10-13/h3,5-6,9,14H,2,4,7-8,10H2,1H3. The molecule has 1 atom stereocenters. The van der Waals surface area contributed by atoms with E-state index < -0.39 is 5.60 Å². The molecule has 2 nitrogen and oxygen atoms in total. The summed E-state index contributed by atoms with van der Waals surface area (Å²) in [5.41, 5.74) is 1.56. The highest BCUT2D eigenvalue weighted by Gasteiger charge is 2.34. The van der Waals surface area contributed by atoms with Gasteiger partial charge in [0.25, 0.3) is 0 Å². The molecule has 0 bridgehead atoms. The van der Waals surface area contributed by atoms with E-state index in [0.717, 1.165) is 18.4 Å². The van der Waals surface area contributed by atoms with Gasteiger partial charge in [-0.15, -0.1) is 0 Å². The van der Waals surface area contributed by atoms with Gasteiger partial charge in [0, 0.05) is 13.0 Å². The maximum absolute atomic E-state index is 10.3. The average Bonchev–Trinajstić information content (AvgIpc) is 2.68. The van der Waals surface area contributed by atoms with Gasteiger partial charge in [0.1, 0.15) is 5.60 Å². The third-order valence-corrected chi connectivity index (χ3v) is 3.00. The molecule has 15 heavy (non-hydrogen) atoms. The Morgan fingerprint density at radius 3 is 3.00 bits per heavy atom. The summed E-state index contributed by atoms with van der Waals surface area (Å²) in [5, 5.41) is 10.3. The van der Waals surface area contributed by atoms with Crippen molar-refractivity contribution in [1.82, 2.24) is 0 Å². The normalized spacial score (nSPS) is 25.7. The van der Waals surface area contributed by atoms with Gasteiger partial charge < -0.3 is 9.84 Å². The highest BCUT2D eigenvalue weighted by atomic mass is 16.5. The Bertz CT molecular complexity index is 327. The molecule has 1 N–H and O–H groups in total. The first-order valence-corrected chi connectivity index (χ1v) is 5.64. The van der Waals surface area contributed by atoms with Gasteiger partial charge in [-0.2, -0.15) is 0 Å². The second-order valence-electron chi connectivity index (χ2n) is 4.28. The van der Waals surface area contributed by atoms with Crippen LogP contribution in [-0.2, 0) is 16.8 Å². The number of hydrogen-bond donors (Lipinski definition) is 1. The molecule has 82 valence electrons. The molecule has 1 unspecified atom stereocenters. The van der Waals surface area contributed by atoms with E-state index in [-0.39, 0.29) is 0 Å². The summed E-state index contributed by atoms with van der Waals surface area (Å²) >= 11 is 0. The van der Waals surface area contributed by atoms with Crippen molar-refractivity contribution < 1.29 is 9.84 Å². The molecular formula is C13H18O2. The summed E-state index contributed by atoms with van der Waals surface area (Å²) in [6.07, 6.45) is 2.92. The van der Waals surface area contributed by atoms with E-state index in [1.165, 1.54) is 5.56 Å². The van der Waals surface area contributed by atoms with E-state index >= 15 is 0 Å². The lowest BCUT2D eigenvalue weighted by Crippen LogP contribution is -2.25. The maximum Gasteiger partial charge on any atom is 0.115 e. The second-order valence-corrected chi connectivity index (χ2v) is 4.28. The van der Waals surface area contributed by atoms with Gasteiger partial charge in [-0.1, -0.05) is 37.6 Å². The van der Waals surface area contributed by atoms with Crippen LogP contribution in [0.2, 0.25) is 0 Å². The number of benzene rings is 1. The van der Waals surface area contributed by atoms with Crippen molar-refractivity contribution in [2.24, 2.45) is 0 Å². The van der Waals surface area contributed by atoms with Gasteiger partial charge in [0.05, 0.1) is 6.61 Å². The van der Waals surface area contributed by atoms with Crippen molar-refractivity contribution in [3.05, 3.63) is 35.4 Å². The minimum atomic E-state index is -0.746. The highest BCUT2D eigenvalue weighted by Crippen LogP contribution is 2.30. The Kier molecular flexibility index (Phi) is 3.08. The quantitative estimate of drug-likeness (QED) is 0.822. The zero-order valence-electron chi connectivity index (χ0n) is 9.20. The minimum absolute atomic E-state index is 0.433. The molecule has 0 spiro atoms. The fourth-order valence-corrected chi connectivity index (χ4v) is 2.09. The lowest BCUT2D eigenvalue weighted by atomic mass is 9.91. The number of rotatable bonds is 3. The number of aliphatic hydroxyl groups is 1. The van der Waals surface area contributed by atoms with Crippen LogP contribution in [0, 0.1) is 0 Å². The molecule has 0 radical (unpaired) electrons. The zero-order valence-corrected chi connectivity index (χ0v) is 9.20. The van der Waals surface area contributed by atoms with Crippen molar-refractivity contribution in [3.8, 4) is 0 Å². The van der Waals surface area contributed by atoms with Crippen molar-refractivity contribution in [2.75, 3.05) is 13.2 Å². The van der Waals surface area contributed by atoms with E-state index in [9.17, 15) is 5.11 Å². The summed E-state index contributed by atoms with van der Waals surface area (Å²) in [7, 11) is 0. The first-order chi connectivity index (χ1) is 7.24. The largest absolute Gasteiger partial charge is 0.383 e. The second kappa shape index (κ2) is 4.33. The van der Waals surface area contributed by atoms with Crippen molar-refractivity contribution in [1.29, 1.82) is 0 Å². The Balaban J connectivity index is 2.23. The van der Waals surface area contributed by atoms with E-state index in [0.29, 0.717) is 19.6 Å². The first-order valence-electron chi connectivity index (χ1n) is 5.64. The summed E-state index contributed by atoms with van der Waals surface area (Å²) in [5.74, 6) is 0. The third kappa shape index (κ3) is 2.21. The Labute approximate surface area is 90.9 Å². The maximum atomic E-state index is 10.3. The molecule has 0 saturated carbocycles. The molecule has 1 saturated heterocycles. The van der Waals surface area contributed by atoms with Gasteiger partial charge in [-0.3, -0.25) is 0 Å². The van der Waals surface area contributed by atoms with E-state index in [1.54, 1.807) is 0 Å². The van der Waals surface area contributed by atoms with Crippen LogP contribution in [-0.4, -0.2) is 18.3 Å². The van der Waals surface area contributed by atoms with Gasteiger partial charge in [0.2, 0.25) is 0 Å². The lowest BCUT2D eigenvalue weighted by molar-refractivity contribution is 0.0231. The van der Waals surface area contributed by atoms with Gasteiger partial charge in [-0.25, -0.2) is 0 Å². The zero-order chi connectivity index (χ0) is 10.7. The third-order valence-electron chi connectivity index (χ3n) is 3.00. The predicted octanol–water partition coefficient (Wildman–Crippen LogP) is 2.25.